The fraction of sp³-hybridized carbons (Fsp3) is 0.0909. The minimum absolute atomic E-state index is 0.141. The molecule has 4 nitrogen and oxygen atoms in total. The summed E-state index contributed by atoms with van der Waals surface area (Å²) in [5.41, 5.74) is -0.141. The number of benzene rings is 1. The van der Waals surface area contributed by atoms with Crippen LogP contribution >= 0.6 is 11.6 Å². The summed E-state index contributed by atoms with van der Waals surface area (Å²) in [6.45, 7) is 1.68. The highest BCUT2D eigenvalue weighted by molar-refractivity contribution is 6.31. The van der Waals surface area contributed by atoms with Crippen molar-refractivity contribution in [3.8, 4) is 0 Å². The van der Waals surface area contributed by atoms with Gasteiger partial charge >= 0.3 is 0 Å². The van der Waals surface area contributed by atoms with Gasteiger partial charge in [-0.15, -0.1) is 0 Å². The predicted molar refractivity (Wildman–Crippen MR) is 60.6 cm³/mol. The Hall–Kier alpha value is -1.88. The number of carbonyl (C=O) groups excluding carboxylic acids is 1. The van der Waals surface area contributed by atoms with E-state index in [1.54, 1.807) is 6.92 Å². The Bertz CT molecular complexity index is 568. The van der Waals surface area contributed by atoms with Gasteiger partial charge < -0.3 is 9.84 Å². The summed E-state index contributed by atoms with van der Waals surface area (Å²) < 4.78 is 18.1. The van der Waals surface area contributed by atoms with Crippen LogP contribution in [-0.2, 0) is 0 Å². The highest BCUT2D eigenvalue weighted by Gasteiger charge is 2.13. The predicted octanol–water partition coefficient (Wildman–Crippen LogP) is 3.03. The molecule has 0 radical (unpaired) electrons. The molecule has 2 aromatic rings. The number of hydrogen-bond donors (Lipinski definition) is 1. The standard InChI is InChI=1S/C11H8ClFN2O2/c1-6-4-10(15-17-6)14-11(16)8-5-7(12)2-3-9(8)13/h2-5H,1H3,(H,14,15,16). The molecule has 1 N–H and O–H groups in total. The third-order valence-corrected chi connectivity index (χ3v) is 2.28. The highest BCUT2D eigenvalue weighted by atomic mass is 35.5. The summed E-state index contributed by atoms with van der Waals surface area (Å²) in [5, 5.41) is 6.26. The van der Waals surface area contributed by atoms with Crippen LogP contribution in [0.2, 0.25) is 5.02 Å². The minimum atomic E-state index is -0.646. The van der Waals surface area contributed by atoms with E-state index in [1.807, 2.05) is 0 Å². The summed E-state index contributed by atoms with van der Waals surface area (Å²) >= 11 is 5.69. The molecular weight excluding hydrogens is 247 g/mol. The lowest BCUT2D eigenvalue weighted by atomic mass is 10.2. The zero-order valence-electron chi connectivity index (χ0n) is 8.83. The van der Waals surface area contributed by atoms with Crippen LogP contribution in [0.4, 0.5) is 10.2 Å². The average Bonchev–Trinajstić information content (AvgIpc) is 2.67. The lowest BCUT2D eigenvalue weighted by Crippen LogP contribution is -2.13. The molecule has 0 aliphatic rings. The first-order valence-electron chi connectivity index (χ1n) is 4.76. The molecule has 2 rings (SSSR count). The Labute approximate surface area is 101 Å². The van der Waals surface area contributed by atoms with E-state index < -0.39 is 11.7 Å². The number of amides is 1. The Morgan fingerprint density at radius 2 is 2.24 bits per heavy atom. The molecule has 17 heavy (non-hydrogen) atoms. The number of aromatic nitrogens is 1. The van der Waals surface area contributed by atoms with Crippen molar-refractivity contribution in [1.29, 1.82) is 0 Å². The molecule has 6 heteroatoms. The lowest BCUT2D eigenvalue weighted by molar-refractivity contribution is 0.102. The van der Waals surface area contributed by atoms with Gasteiger partial charge in [0.15, 0.2) is 5.82 Å². The second kappa shape index (κ2) is 4.55. The molecule has 0 unspecified atom stereocenters. The highest BCUT2D eigenvalue weighted by Crippen LogP contribution is 2.16. The van der Waals surface area contributed by atoms with Crippen LogP contribution in [0.25, 0.3) is 0 Å². The van der Waals surface area contributed by atoms with Crippen molar-refractivity contribution in [1.82, 2.24) is 5.16 Å². The van der Waals surface area contributed by atoms with Crippen molar-refractivity contribution in [2.75, 3.05) is 5.32 Å². The molecule has 1 aromatic heterocycles. The smallest absolute Gasteiger partial charge is 0.259 e. The van der Waals surface area contributed by atoms with Gasteiger partial charge in [0.25, 0.3) is 5.91 Å². The van der Waals surface area contributed by atoms with Crippen molar-refractivity contribution >= 4 is 23.3 Å². The SMILES string of the molecule is Cc1cc(NC(=O)c2cc(Cl)ccc2F)no1. The van der Waals surface area contributed by atoms with Crippen LogP contribution in [0.3, 0.4) is 0 Å². The van der Waals surface area contributed by atoms with Crippen molar-refractivity contribution in [2.24, 2.45) is 0 Å². The Kier molecular flexibility index (Phi) is 3.10. The van der Waals surface area contributed by atoms with E-state index in [0.29, 0.717) is 5.76 Å². The molecule has 1 amide bonds. The van der Waals surface area contributed by atoms with Gasteiger partial charge in [-0.05, 0) is 25.1 Å². The molecule has 88 valence electrons. The Morgan fingerprint density at radius 1 is 1.47 bits per heavy atom. The fourth-order valence-corrected chi connectivity index (χ4v) is 1.45. The van der Waals surface area contributed by atoms with Crippen LogP contribution in [0.1, 0.15) is 16.1 Å². The molecular formula is C11H8ClFN2O2. The van der Waals surface area contributed by atoms with E-state index in [9.17, 15) is 9.18 Å². The van der Waals surface area contributed by atoms with Crippen molar-refractivity contribution < 1.29 is 13.7 Å². The molecule has 0 bridgehead atoms. The van der Waals surface area contributed by atoms with Crippen LogP contribution in [-0.4, -0.2) is 11.1 Å². The van der Waals surface area contributed by atoms with E-state index in [0.717, 1.165) is 6.07 Å². The van der Waals surface area contributed by atoms with Gasteiger partial charge in [-0.3, -0.25) is 4.79 Å². The van der Waals surface area contributed by atoms with Crippen LogP contribution < -0.4 is 5.32 Å². The first-order valence-corrected chi connectivity index (χ1v) is 5.14. The lowest BCUT2D eigenvalue weighted by Gasteiger charge is -2.03. The van der Waals surface area contributed by atoms with E-state index in [4.69, 9.17) is 16.1 Å². The van der Waals surface area contributed by atoms with E-state index in [1.165, 1.54) is 18.2 Å². The maximum atomic E-state index is 13.4. The molecule has 0 atom stereocenters. The van der Waals surface area contributed by atoms with Crippen LogP contribution in [0.15, 0.2) is 28.8 Å². The number of hydrogen-bond acceptors (Lipinski definition) is 3. The van der Waals surface area contributed by atoms with Crippen LogP contribution in [0.5, 0.6) is 0 Å². The fourth-order valence-electron chi connectivity index (χ4n) is 1.28. The third-order valence-electron chi connectivity index (χ3n) is 2.04. The molecule has 0 saturated carbocycles. The quantitative estimate of drug-likeness (QED) is 0.896. The largest absolute Gasteiger partial charge is 0.360 e. The molecule has 0 aliphatic heterocycles. The zero-order chi connectivity index (χ0) is 12.4. The van der Waals surface area contributed by atoms with E-state index in [2.05, 4.69) is 10.5 Å². The van der Waals surface area contributed by atoms with E-state index in [-0.39, 0.29) is 16.4 Å². The molecule has 0 saturated heterocycles. The molecule has 0 spiro atoms. The summed E-state index contributed by atoms with van der Waals surface area (Å²) in [5.74, 6) is -0.496. The minimum Gasteiger partial charge on any atom is -0.360 e. The molecule has 0 fully saturated rings. The number of rotatable bonds is 2. The summed E-state index contributed by atoms with van der Waals surface area (Å²) in [4.78, 5) is 11.7. The van der Waals surface area contributed by atoms with Crippen molar-refractivity contribution in [2.45, 2.75) is 6.92 Å². The maximum absolute atomic E-state index is 13.4. The average molecular weight is 255 g/mol. The van der Waals surface area contributed by atoms with Gasteiger partial charge in [-0.1, -0.05) is 16.8 Å². The normalized spacial score (nSPS) is 10.3. The maximum Gasteiger partial charge on any atom is 0.259 e. The summed E-state index contributed by atoms with van der Waals surface area (Å²) in [7, 11) is 0. The summed E-state index contributed by atoms with van der Waals surface area (Å²) in [6, 6.07) is 5.28. The van der Waals surface area contributed by atoms with Gasteiger partial charge in [-0.2, -0.15) is 0 Å². The number of carbonyl (C=O) groups is 1. The number of halogens is 2. The zero-order valence-corrected chi connectivity index (χ0v) is 9.58. The first kappa shape index (κ1) is 11.6. The third kappa shape index (κ3) is 2.62. The first-order chi connectivity index (χ1) is 8.06. The second-order valence-electron chi connectivity index (χ2n) is 3.40. The molecule has 1 heterocycles. The van der Waals surface area contributed by atoms with Gasteiger partial charge in [0.1, 0.15) is 11.6 Å². The molecule has 1 aromatic carbocycles. The topological polar surface area (TPSA) is 55.1 Å². The number of aryl methyl sites for hydroxylation is 1. The second-order valence-corrected chi connectivity index (χ2v) is 3.84. The van der Waals surface area contributed by atoms with Gasteiger partial charge in [0.05, 0.1) is 5.56 Å². The Balaban J connectivity index is 2.22. The number of nitrogens with one attached hydrogen (secondary N) is 1. The van der Waals surface area contributed by atoms with Crippen molar-refractivity contribution in [3.05, 3.63) is 46.4 Å². The molecule has 0 aliphatic carbocycles. The van der Waals surface area contributed by atoms with Crippen LogP contribution in [0, 0.1) is 12.7 Å². The van der Waals surface area contributed by atoms with Gasteiger partial charge in [0.2, 0.25) is 0 Å². The van der Waals surface area contributed by atoms with Gasteiger partial charge in [-0.25, -0.2) is 4.39 Å². The number of nitrogens with zero attached hydrogens (tertiary/aromatic N) is 1. The van der Waals surface area contributed by atoms with Gasteiger partial charge in [0, 0.05) is 11.1 Å². The summed E-state index contributed by atoms with van der Waals surface area (Å²) in [6.07, 6.45) is 0. The van der Waals surface area contributed by atoms with Crippen molar-refractivity contribution in [3.63, 3.8) is 0 Å². The van der Waals surface area contributed by atoms with E-state index >= 15 is 0 Å². The monoisotopic (exact) mass is 254 g/mol. The number of anilines is 1. The Morgan fingerprint density at radius 3 is 2.88 bits per heavy atom.